The Bertz CT molecular complexity index is 1150. The van der Waals surface area contributed by atoms with Gasteiger partial charge in [0.1, 0.15) is 32.0 Å². The molecular weight excluding hydrogens is 463 g/mol. The van der Waals surface area contributed by atoms with Gasteiger partial charge in [0.25, 0.3) is 0 Å². The molecule has 174 valence electrons. The third-order valence-corrected chi connectivity index (χ3v) is 7.02. The highest BCUT2D eigenvalue weighted by Gasteiger charge is 2.34. The molecule has 0 radical (unpaired) electrons. The molecule has 0 spiro atoms. The van der Waals surface area contributed by atoms with Gasteiger partial charge in [0.05, 0.1) is 16.6 Å². The van der Waals surface area contributed by atoms with Crippen LogP contribution < -0.4 is 4.74 Å². The van der Waals surface area contributed by atoms with Crippen molar-refractivity contribution < 1.29 is 24.1 Å². The molecule has 2 heterocycles. The molecule has 2 aliphatic heterocycles. The topological polar surface area (TPSA) is 73.2 Å². The summed E-state index contributed by atoms with van der Waals surface area (Å²) in [5.41, 5.74) is 4.96. The fourth-order valence-electron chi connectivity index (χ4n) is 4.15. The predicted octanol–water partition coefficient (Wildman–Crippen LogP) is 4.64. The van der Waals surface area contributed by atoms with E-state index in [1.165, 1.54) is 23.1 Å². The molecule has 0 aromatic heterocycles. The first kappa shape index (κ1) is 23.4. The Labute approximate surface area is 198 Å². The van der Waals surface area contributed by atoms with Gasteiger partial charge >= 0.3 is 6.09 Å². The maximum absolute atomic E-state index is 14.9. The predicted molar refractivity (Wildman–Crippen MR) is 128 cm³/mol. The van der Waals surface area contributed by atoms with Crippen molar-refractivity contribution in [3.8, 4) is 34.1 Å². The second-order valence-electron chi connectivity index (χ2n) is 9.40. The summed E-state index contributed by atoms with van der Waals surface area (Å²) >= 11 is 6.83. The van der Waals surface area contributed by atoms with Crippen molar-refractivity contribution in [1.29, 1.82) is 0 Å². The van der Waals surface area contributed by atoms with E-state index in [9.17, 15) is 19.4 Å². The van der Waals surface area contributed by atoms with Crippen LogP contribution in [0, 0.1) is 17.3 Å². The fraction of sp³-hybridized carbons (Fsp3) is 0.375. The Morgan fingerprint density at radius 3 is 2.70 bits per heavy atom. The number of piperazine rings is 1. The number of nitrogens with zero attached hydrogens (tertiary/aromatic N) is 2. The summed E-state index contributed by atoms with van der Waals surface area (Å²) in [6, 6.07) is 5.86. The quantitative estimate of drug-likeness (QED) is 0.452. The fourth-order valence-corrected chi connectivity index (χ4v) is 5.03. The van der Waals surface area contributed by atoms with E-state index in [-0.39, 0.29) is 29.0 Å². The number of phenols is 1. The second-order valence-corrected chi connectivity index (χ2v) is 14.5. The normalized spacial score (nSPS) is 18.3. The van der Waals surface area contributed by atoms with Crippen LogP contribution in [0.15, 0.2) is 24.3 Å². The van der Waals surface area contributed by atoms with Gasteiger partial charge in [-0.15, -0.1) is 5.54 Å². The Morgan fingerprint density at radius 1 is 1.27 bits per heavy atom. The average Bonchev–Trinajstić information content (AvgIpc) is 2.91. The molecule has 0 aliphatic carbocycles. The van der Waals surface area contributed by atoms with Gasteiger partial charge in [0.15, 0.2) is 0 Å². The zero-order valence-electron chi connectivity index (χ0n) is 18.8. The number of amides is 1. The number of fused-ring (bicyclic) bond motifs is 2. The lowest BCUT2D eigenvalue weighted by Crippen LogP contribution is -2.55. The van der Waals surface area contributed by atoms with Crippen LogP contribution in [0.3, 0.4) is 0 Å². The smallest absolute Gasteiger partial charge is 0.407 e. The summed E-state index contributed by atoms with van der Waals surface area (Å²) in [6.07, 6.45) is -0.948. The Balaban J connectivity index is 1.85. The first-order chi connectivity index (χ1) is 15.5. The minimum Gasteiger partial charge on any atom is -0.507 e. The third kappa shape index (κ3) is 4.81. The summed E-state index contributed by atoms with van der Waals surface area (Å²) in [5, 5.41) is 20.0. The number of benzene rings is 2. The summed E-state index contributed by atoms with van der Waals surface area (Å²) in [4.78, 5) is 15.0. The number of carboxylic acid groups (broad SMARTS) is 1. The largest absolute Gasteiger partial charge is 0.507 e. The number of halogens is 2. The molecule has 1 fully saturated rings. The van der Waals surface area contributed by atoms with Crippen molar-refractivity contribution in [2.24, 2.45) is 0 Å². The minimum absolute atomic E-state index is 0.00667. The van der Waals surface area contributed by atoms with E-state index in [0.29, 0.717) is 43.1 Å². The lowest BCUT2D eigenvalue weighted by molar-refractivity contribution is 0.0503. The van der Waals surface area contributed by atoms with Crippen LogP contribution in [0.4, 0.5) is 9.18 Å². The van der Waals surface area contributed by atoms with Crippen LogP contribution in [0.1, 0.15) is 11.1 Å². The van der Waals surface area contributed by atoms with Gasteiger partial charge in [-0.05, 0) is 18.2 Å². The lowest BCUT2D eigenvalue weighted by atomic mass is 9.95. The number of carbonyl (C=O) groups is 1. The number of hydrogen-bond donors (Lipinski definition) is 2. The molecular formula is C24H26ClFN2O4Si. The van der Waals surface area contributed by atoms with Gasteiger partial charge in [-0.2, -0.15) is 0 Å². The van der Waals surface area contributed by atoms with Gasteiger partial charge < -0.3 is 19.8 Å². The summed E-state index contributed by atoms with van der Waals surface area (Å²) in [7, 11) is -1.76. The van der Waals surface area contributed by atoms with Crippen molar-refractivity contribution in [3.05, 3.63) is 46.2 Å². The zero-order chi connectivity index (χ0) is 23.9. The van der Waals surface area contributed by atoms with E-state index < -0.39 is 20.0 Å². The molecule has 2 aliphatic rings. The summed E-state index contributed by atoms with van der Waals surface area (Å²) < 4.78 is 21.0. The van der Waals surface area contributed by atoms with Crippen molar-refractivity contribution >= 4 is 25.8 Å². The highest BCUT2D eigenvalue weighted by atomic mass is 35.5. The van der Waals surface area contributed by atoms with Gasteiger partial charge in [0, 0.05) is 42.9 Å². The molecule has 2 aromatic rings. The Hall–Kier alpha value is -2.73. The standard InChI is InChI=1S/C24H26ClFN2O4Si/c1-33(2,3)10-7-15-11-16-12-27-8-9-28(24(30)31)13-17(27)14-32-23(16)22(25)20(15)21-18(26)5-4-6-19(21)29/h4-6,11,17,29H,8-9,12-14H2,1-3H3,(H,30,31)/t17-/m1/s1. The lowest BCUT2D eigenvalue weighted by Gasteiger charge is -2.38. The molecule has 1 atom stereocenters. The SMILES string of the molecule is C[Si](C)(C)C#Cc1cc2c(c(Cl)c1-c1c(O)cccc1F)OC[C@H]1CN(C(=O)O)CCN1C2. The van der Waals surface area contributed by atoms with Crippen molar-refractivity contribution in [1.82, 2.24) is 9.80 Å². The van der Waals surface area contributed by atoms with E-state index in [2.05, 4.69) is 36.0 Å². The van der Waals surface area contributed by atoms with E-state index >= 15 is 0 Å². The number of phenolic OH excluding ortho intramolecular Hbond substituents is 1. The maximum atomic E-state index is 14.9. The van der Waals surface area contributed by atoms with Crippen molar-refractivity contribution in [2.45, 2.75) is 32.2 Å². The monoisotopic (exact) mass is 488 g/mol. The molecule has 0 unspecified atom stereocenters. The van der Waals surface area contributed by atoms with Crippen molar-refractivity contribution in [3.63, 3.8) is 0 Å². The molecule has 2 aromatic carbocycles. The maximum Gasteiger partial charge on any atom is 0.407 e. The highest BCUT2D eigenvalue weighted by molar-refractivity contribution is 6.83. The highest BCUT2D eigenvalue weighted by Crippen LogP contribution is 2.45. The Kier molecular flexibility index (Phi) is 6.32. The van der Waals surface area contributed by atoms with Crippen LogP contribution in [-0.4, -0.2) is 66.5 Å². The second kappa shape index (κ2) is 8.90. The van der Waals surface area contributed by atoms with Crippen LogP contribution >= 0.6 is 11.6 Å². The van der Waals surface area contributed by atoms with E-state index in [1.54, 1.807) is 0 Å². The molecule has 6 nitrogen and oxygen atoms in total. The van der Waals surface area contributed by atoms with Crippen LogP contribution in [0.2, 0.25) is 24.7 Å². The first-order valence-electron chi connectivity index (χ1n) is 10.8. The van der Waals surface area contributed by atoms with Gasteiger partial charge in [0.2, 0.25) is 0 Å². The molecule has 33 heavy (non-hydrogen) atoms. The molecule has 9 heteroatoms. The zero-order valence-corrected chi connectivity index (χ0v) is 20.5. The molecule has 0 bridgehead atoms. The van der Waals surface area contributed by atoms with Crippen LogP contribution in [0.25, 0.3) is 11.1 Å². The summed E-state index contributed by atoms with van der Waals surface area (Å²) in [6.45, 7) is 8.42. The molecule has 0 saturated carbocycles. The van der Waals surface area contributed by atoms with Crippen molar-refractivity contribution in [2.75, 3.05) is 26.2 Å². The molecule has 1 amide bonds. The molecule has 1 saturated heterocycles. The summed E-state index contributed by atoms with van der Waals surface area (Å²) in [5.74, 6) is 2.79. The number of hydrogen-bond acceptors (Lipinski definition) is 4. The van der Waals surface area contributed by atoms with Gasteiger partial charge in [-0.25, -0.2) is 9.18 Å². The third-order valence-electron chi connectivity index (χ3n) is 5.78. The number of aromatic hydroxyl groups is 1. The van der Waals surface area contributed by atoms with Crippen LogP contribution in [0.5, 0.6) is 11.5 Å². The Morgan fingerprint density at radius 2 is 2.03 bits per heavy atom. The van der Waals surface area contributed by atoms with E-state index in [0.717, 1.165) is 5.56 Å². The molecule has 4 rings (SSSR count). The number of rotatable bonds is 1. The van der Waals surface area contributed by atoms with Gasteiger partial charge in [-0.1, -0.05) is 43.2 Å². The number of ether oxygens (including phenoxy) is 1. The average molecular weight is 489 g/mol. The first-order valence-corrected chi connectivity index (χ1v) is 14.6. The molecule has 2 N–H and O–H groups in total. The van der Waals surface area contributed by atoms with Gasteiger partial charge in [-0.3, -0.25) is 4.90 Å². The minimum atomic E-state index is -1.76. The van der Waals surface area contributed by atoms with E-state index in [1.807, 2.05) is 6.07 Å². The van der Waals surface area contributed by atoms with Crippen LogP contribution in [-0.2, 0) is 6.54 Å². The van der Waals surface area contributed by atoms with E-state index in [4.69, 9.17) is 16.3 Å².